The number of halogens is 1. The lowest BCUT2D eigenvalue weighted by Gasteiger charge is -2.24. The van der Waals surface area contributed by atoms with Crippen LogP contribution in [-0.2, 0) is 23.5 Å². The predicted molar refractivity (Wildman–Crippen MR) is 134 cm³/mol. The third kappa shape index (κ3) is 5.22. The van der Waals surface area contributed by atoms with Crippen LogP contribution in [0.4, 0.5) is 10.1 Å². The molecule has 0 N–H and O–H groups in total. The van der Waals surface area contributed by atoms with E-state index in [9.17, 15) is 17.6 Å². The van der Waals surface area contributed by atoms with Gasteiger partial charge in [0, 0.05) is 41.9 Å². The van der Waals surface area contributed by atoms with Crippen LogP contribution in [-0.4, -0.2) is 19.5 Å². The Morgan fingerprint density at radius 3 is 2.44 bits per heavy atom. The third-order valence-electron chi connectivity index (χ3n) is 5.45. The molecule has 1 aromatic heterocycles. The molecular weight excluding hydrogens is 455 g/mol. The van der Waals surface area contributed by atoms with Gasteiger partial charge < -0.3 is 9.30 Å². The minimum Gasteiger partial charge on any atom is -0.454 e. The van der Waals surface area contributed by atoms with Gasteiger partial charge in [-0.2, -0.15) is 0 Å². The largest absolute Gasteiger partial charge is 0.454 e. The van der Waals surface area contributed by atoms with Crippen molar-refractivity contribution in [1.82, 2.24) is 4.57 Å². The maximum Gasteiger partial charge on any atom is 0.256 e. The van der Waals surface area contributed by atoms with Crippen LogP contribution < -0.4 is 14.6 Å². The summed E-state index contributed by atoms with van der Waals surface area (Å²) in [6.45, 7) is 9.25. The van der Waals surface area contributed by atoms with Crippen LogP contribution in [0.15, 0.2) is 65.4 Å². The quantitative estimate of drug-likeness (QED) is 0.400. The molecule has 0 aliphatic rings. The van der Waals surface area contributed by atoms with Crippen molar-refractivity contribution < 1.29 is 17.5 Å². The Labute approximate surface area is 200 Å². The average molecular weight is 485 g/mol. The van der Waals surface area contributed by atoms with Crippen molar-refractivity contribution in [3.05, 3.63) is 87.9 Å². The SMILES string of the molecule is C=CS(=O)(=O)N(CCC)c1ccc(Oc2ccc(C)cc2F)c(-c2cc(CC)c(=O)n(C)c2)c1. The summed E-state index contributed by atoms with van der Waals surface area (Å²) in [5.41, 5.74) is 2.84. The van der Waals surface area contributed by atoms with E-state index in [4.69, 9.17) is 4.74 Å². The highest BCUT2D eigenvalue weighted by molar-refractivity contribution is 7.95. The molecule has 1 heterocycles. The van der Waals surface area contributed by atoms with E-state index in [2.05, 4.69) is 6.58 Å². The van der Waals surface area contributed by atoms with Crippen LogP contribution in [0.2, 0.25) is 0 Å². The van der Waals surface area contributed by atoms with Gasteiger partial charge in [0.15, 0.2) is 11.6 Å². The maximum atomic E-state index is 14.5. The van der Waals surface area contributed by atoms with E-state index < -0.39 is 15.8 Å². The molecule has 0 aliphatic carbocycles. The molecule has 0 aliphatic heterocycles. The predicted octanol–water partition coefficient (Wildman–Crippen LogP) is 5.54. The fraction of sp³-hybridized carbons (Fsp3) is 0.269. The van der Waals surface area contributed by atoms with Gasteiger partial charge in [0.25, 0.3) is 15.6 Å². The summed E-state index contributed by atoms with van der Waals surface area (Å²) in [6.07, 6.45) is 2.77. The molecule has 0 spiro atoms. The van der Waals surface area contributed by atoms with E-state index in [0.29, 0.717) is 41.0 Å². The minimum absolute atomic E-state index is 0.0456. The van der Waals surface area contributed by atoms with E-state index in [1.54, 1.807) is 56.6 Å². The van der Waals surface area contributed by atoms with Crippen molar-refractivity contribution in [2.24, 2.45) is 7.05 Å². The number of ether oxygens (including phenoxy) is 1. The van der Waals surface area contributed by atoms with Crippen molar-refractivity contribution in [1.29, 1.82) is 0 Å². The normalized spacial score (nSPS) is 11.3. The number of benzene rings is 2. The molecule has 0 bridgehead atoms. The number of rotatable bonds is 9. The Bertz CT molecular complexity index is 1380. The number of hydrogen-bond acceptors (Lipinski definition) is 4. The summed E-state index contributed by atoms with van der Waals surface area (Å²) in [7, 11) is -2.09. The third-order valence-corrected chi connectivity index (χ3v) is 6.88. The van der Waals surface area contributed by atoms with Gasteiger partial charge in [-0.05, 0) is 61.7 Å². The summed E-state index contributed by atoms with van der Waals surface area (Å²) in [5.74, 6) is -0.129. The number of pyridine rings is 1. The van der Waals surface area contributed by atoms with E-state index in [1.807, 2.05) is 13.8 Å². The molecule has 0 amide bonds. The number of hydrogen-bond donors (Lipinski definition) is 0. The van der Waals surface area contributed by atoms with Gasteiger partial charge in [0.1, 0.15) is 5.75 Å². The molecular formula is C26H29FN2O4S. The Hall–Kier alpha value is -3.39. The van der Waals surface area contributed by atoms with E-state index in [0.717, 1.165) is 11.0 Å². The Kier molecular flexibility index (Phi) is 7.61. The zero-order chi connectivity index (χ0) is 25.0. The van der Waals surface area contributed by atoms with Gasteiger partial charge in [-0.15, -0.1) is 0 Å². The lowest BCUT2D eigenvalue weighted by Crippen LogP contribution is -2.29. The highest BCUT2D eigenvalue weighted by Gasteiger charge is 2.21. The van der Waals surface area contributed by atoms with Gasteiger partial charge in [-0.3, -0.25) is 9.10 Å². The molecule has 0 radical (unpaired) electrons. The van der Waals surface area contributed by atoms with Gasteiger partial charge in [-0.25, -0.2) is 12.8 Å². The molecule has 0 saturated carbocycles. The number of aromatic nitrogens is 1. The van der Waals surface area contributed by atoms with Gasteiger partial charge in [-0.1, -0.05) is 26.5 Å². The van der Waals surface area contributed by atoms with Crippen LogP contribution in [0, 0.1) is 12.7 Å². The first-order valence-electron chi connectivity index (χ1n) is 11.0. The lowest BCUT2D eigenvalue weighted by molar-refractivity contribution is 0.443. The number of nitrogens with zero attached hydrogens (tertiary/aromatic N) is 2. The molecule has 0 fully saturated rings. The van der Waals surface area contributed by atoms with Gasteiger partial charge in [0.2, 0.25) is 0 Å². The molecule has 0 atom stereocenters. The highest BCUT2D eigenvalue weighted by atomic mass is 32.2. The molecule has 0 saturated heterocycles. The Balaban J connectivity index is 2.25. The van der Waals surface area contributed by atoms with E-state index >= 15 is 0 Å². The van der Waals surface area contributed by atoms with E-state index in [1.165, 1.54) is 14.9 Å². The minimum atomic E-state index is -3.74. The Morgan fingerprint density at radius 1 is 1.12 bits per heavy atom. The first-order valence-corrected chi connectivity index (χ1v) is 12.5. The summed E-state index contributed by atoms with van der Waals surface area (Å²) < 4.78 is 48.6. The van der Waals surface area contributed by atoms with Crippen LogP contribution in [0.1, 0.15) is 31.4 Å². The molecule has 34 heavy (non-hydrogen) atoms. The Morgan fingerprint density at radius 2 is 1.82 bits per heavy atom. The first kappa shape index (κ1) is 25.2. The zero-order valence-corrected chi connectivity index (χ0v) is 20.7. The maximum absolute atomic E-state index is 14.5. The number of anilines is 1. The van der Waals surface area contributed by atoms with Crippen LogP contribution >= 0.6 is 0 Å². The van der Waals surface area contributed by atoms with E-state index in [-0.39, 0.29) is 17.9 Å². The van der Waals surface area contributed by atoms with Crippen LogP contribution in [0.25, 0.3) is 11.1 Å². The molecule has 6 nitrogen and oxygen atoms in total. The van der Waals surface area contributed by atoms with Crippen molar-refractivity contribution in [2.45, 2.75) is 33.6 Å². The fourth-order valence-corrected chi connectivity index (χ4v) is 4.70. The van der Waals surface area contributed by atoms with Crippen molar-refractivity contribution in [3.63, 3.8) is 0 Å². The molecule has 0 unspecified atom stereocenters. The van der Waals surface area contributed by atoms with Gasteiger partial charge >= 0.3 is 0 Å². The second-order valence-electron chi connectivity index (χ2n) is 8.02. The van der Waals surface area contributed by atoms with Crippen molar-refractivity contribution in [2.75, 3.05) is 10.8 Å². The fourth-order valence-electron chi connectivity index (χ4n) is 3.67. The molecule has 2 aromatic carbocycles. The second-order valence-corrected chi connectivity index (χ2v) is 9.83. The molecule has 8 heteroatoms. The smallest absolute Gasteiger partial charge is 0.256 e. The standard InChI is InChI=1S/C26H29FN2O4S/c1-6-13-29(34(31,32)8-3)21-10-12-24(33-25-11-9-18(4)14-23(25)27)22(16-21)20-15-19(7-2)26(30)28(5)17-20/h8-12,14-17H,3,6-7,13H2,1-2,4-5H3. The van der Waals surface area contributed by atoms with Crippen molar-refractivity contribution >= 4 is 15.7 Å². The zero-order valence-electron chi connectivity index (χ0n) is 19.8. The monoisotopic (exact) mass is 484 g/mol. The first-order chi connectivity index (χ1) is 16.1. The summed E-state index contributed by atoms with van der Waals surface area (Å²) in [5, 5.41) is 0.913. The van der Waals surface area contributed by atoms with Crippen LogP contribution in [0.3, 0.4) is 0 Å². The molecule has 3 aromatic rings. The summed E-state index contributed by atoms with van der Waals surface area (Å²) in [6, 6.07) is 11.3. The van der Waals surface area contributed by atoms with Crippen LogP contribution in [0.5, 0.6) is 11.5 Å². The van der Waals surface area contributed by atoms with Crippen molar-refractivity contribution in [3.8, 4) is 22.6 Å². The number of aryl methyl sites for hydroxylation is 3. The lowest BCUT2D eigenvalue weighted by atomic mass is 10.0. The topological polar surface area (TPSA) is 68.6 Å². The summed E-state index contributed by atoms with van der Waals surface area (Å²) >= 11 is 0. The second kappa shape index (κ2) is 10.3. The summed E-state index contributed by atoms with van der Waals surface area (Å²) in [4.78, 5) is 12.4. The molecule has 3 rings (SSSR count). The molecule has 180 valence electrons. The average Bonchev–Trinajstić information content (AvgIpc) is 2.81. The number of sulfonamides is 1. The van der Waals surface area contributed by atoms with Gasteiger partial charge in [0.05, 0.1) is 5.69 Å². The highest BCUT2D eigenvalue weighted by Crippen LogP contribution is 2.38.